The molecular weight excluding hydrogens is 558 g/mol. The molecule has 0 saturated heterocycles. The van der Waals surface area contributed by atoms with E-state index in [0.29, 0.717) is 5.69 Å². The third kappa shape index (κ3) is 5.87. The van der Waals surface area contributed by atoms with Crippen molar-refractivity contribution >= 4 is 39.8 Å². The summed E-state index contributed by atoms with van der Waals surface area (Å²) in [6, 6.07) is 63.5. The summed E-state index contributed by atoms with van der Waals surface area (Å²) in [5, 5.41) is 0. The van der Waals surface area contributed by atoms with Crippen molar-refractivity contribution in [3.05, 3.63) is 188 Å². The summed E-state index contributed by atoms with van der Waals surface area (Å²) in [7, 11) is 0. The molecule has 7 aromatic rings. The number of nitrogens with two attached hydrogens (primary N) is 1. The van der Waals surface area contributed by atoms with Crippen LogP contribution < -0.4 is 15.5 Å². The summed E-state index contributed by atoms with van der Waals surface area (Å²) in [6.45, 7) is 2.17. The number of benzene rings is 7. The van der Waals surface area contributed by atoms with Crippen molar-refractivity contribution in [2.24, 2.45) is 0 Å². The third-order valence-electron chi connectivity index (χ3n) is 8.32. The number of aryl methyl sites for hydroxylation is 1. The van der Waals surface area contributed by atoms with Crippen molar-refractivity contribution in [3.8, 4) is 22.3 Å². The average molecular weight is 594 g/mol. The molecule has 0 aliphatic rings. The van der Waals surface area contributed by atoms with E-state index in [0.717, 1.165) is 45.3 Å². The summed E-state index contributed by atoms with van der Waals surface area (Å²) >= 11 is 0. The first-order valence-electron chi connectivity index (χ1n) is 15.6. The summed E-state index contributed by atoms with van der Waals surface area (Å²) in [5.74, 6) is 0. The molecular formula is C43H35N3. The summed E-state index contributed by atoms with van der Waals surface area (Å²) in [5.41, 5.74) is 19.8. The van der Waals surface area contributed by atoms with Crippen LogP contribution in [0.15, 0.2) is 182 Å². The fraction of sp³-hybridized carbons (Fsp3) is 0.0233. The molecule has 0 aliphatic carbocycles. The molecule has 7 rings (SSSR count). The first kappa shape index (κ1) is 28.7. The summed E-state index contributed by atoms with van der Waals surface area (Å²) < 4.78 is 0. The fourth-order valence-electron chi connectivity index (χ4n) is 6.04. The lowest BCUT2D eigenvalue weighted by atomic mass is 9.99. The predicted molar refractivity (Wildman–Crippen MR) is 196 cm³/mol. The Morgan fingerprint density at radius 3 is 1.20 bits per heavy atom. The minimum absolute atomic E-state index is 0.713. The van der Waals surface area contributed by atoms with Crippen LogP contribution in [0.1, 0.15) is 5.56 Å². The number of rotatable bonds is 8. The van der Waals surface area contributed by atoms with Gasteiger partial charge in [-0.25, -0.2) is 0 Å². The second kappa shape index (κ2) is 12.9. The molecule has 0 radical (unpaired) electrons. The quantitative estimate of drug-likeness (QED) is 0.178. The molecule has 0 spiro atoms. The van der Waals surface area contributed by atoms with E-state index < -0.39 is 0 Å². The van der Waals surface area contributed by atoms with Gasteiger partial charge in [-0.05, 0) is 108 Å². The lowest BCUT2D eigenvalue weighted by Gasteiger charge is -2.28. The van der Waals surface area contributed by atoms with Gasteiger partial charge in [-0.2, -0.15) is 0 Å². The average Bonchev–Trinajstić information content (AvgIpc) is 3.12. The van der Waals surface area contributed by atoms with E-state index in [2.05, 4.69) is 187 Å². The molecule has 0 amide bonds. The van der Waals surface area contributed by atoms with E-state index in [4.69, 9.17) is 5.73 Å². The van der Waals surface area contributed by atoms with Crippen LogP contribution in [0.3, 0.4) is 0 Å². The van der Waals surface area contributed by atoms with Gasteiger partial charge in [0.1, 0.15) is 0 Å². The van der Waals surface area contributed by atoms with Gasteiger partial charge in [0.2, 0.25) is 0 Å². The van der Waals surface area contributed by atoms with Gasteiger partial charge in [0, 0.05) is 28.4 Å². The van der Waals surface area contributed by atoms with Gasteiger partial charge in [0.15, 0.2) is 0 Å². The van der Waals surface area contributed by atoms with Crippen LogP contribution in [0.2, 0.25) is 0 Å². The van der Waals surface area contributed by atoms with Crippen molar-refractivity contribution in [2.75, 3.05) is 15.5 Å². The Morgan fingerprint density at radius 1 is 0.348 bits per heavy atom. The van der Waals surface area contributed by atoms with Crippen molar-refractivity contribution in [1.82, 2.24) is 0 Å². The largest absolute Gasteiger partial charge is 0.397 e. The second-order valence-electron chi connectivity index (χ2n) is 11.4. The fourth-order valence-corrected chi connectivity index (χ4v) is 6.04. The number of hydrogen-bond acceptors (Lipinski definition) is 3. The van der Waals surface area contributed by atoms with Gasteiger partial charge in [0.25, 0.3) is 0 Å². The topological polar surface area (TPSA) is 32.5 Å². The molecule has 7 aromatic carbocycles. The van der Waals surface area contributed by atoms with Gasteiger partial charge < -0.3 is 15.5 Å². The van der Waals surface area contributed by atoms with Crippen LogP contribution in [0.4, 0.5) is 39.8 Å². The lowest BCUT2D eigenvalue weighted by molar-refractivity contribution is 1.25. The van der Waals surface area contributed by atoms with Crippen molar-refractivity contribution < 1.29 is 0 Å². The number of nitrogen functional groups attached to an aromatic ring is 1. The number of para-hydroxylation sites is 3. The molecule has 0 atom stereocenters. The Kier molecular flexibility index (Phi) is 8.04. The van der Waals surface area contributed by atoms with Crippen LogP contribution in [0.25, 0.3) is 22.3 Å². The smallest absolute Gasteiger partial charge is 0.0691 e. The maximum Gasteiger partial charge on any atom is 0.0691 e. The van der Waals surface area contributed by atoms with Gasteiger partial charge >= 0.3 is 0 Å². The van der Waals surface area contributed by atoms with Crippen LogP contribution in [-0.4, -0.2) is 0 Å². The molecule has 0 bridgehead atoms. The zero-order valence-electron chi connectivity index (χ0n) is 25.8. The van der Waals surface area contributed by atoms with Crippen molar-refractivity contribution in [2.45, 2.75) is 6.92 Å². The summed E-state index contributed by atoms with van der Waals surface area (Å²) in [6.07, 6.45) is 0. The Labute approximate surface area is 271 Å². The zero-order chi connectivity index (χ0) is 31.3. The van der Waals surface area contributed by atoms with Crippen LogP contribution in [0.5, 0.6) is 0 Å². The molecule has 3 heteroatoms. The van der Waals surface area contributed by atoms with Gasteiger partial charge in [-0.3, -0.25) is 0 Å². The van der Waals surface area contributed by atoms with E-state index in [-0.39, 0.29) is 0 Å². The molecule has 0 fully saturated rings. The molecule has 3 nitrogen and oxygen atoms in total. The highest BCUT2D eigenvalue weighted by atomic mass is 15.2. The third-order valence-corrected chi connectivity index (χ3v) is 8.32. The zero-order valence-corrected chi connectivity index (χ0v) is 25.8. The highest BCUT2D eigenvalue weighted by molar-refractivity contribution is 5.88. The van der Waals surface area contributed by atoms with E-state index in [1.807, 2.05) is 12.1 Å². The molecule has 2 N–H and O–H groups in total. The van der Waals surface area contributed by atoms with Gasteiger partial charge in [0.05, 0.1) is 11.4 Å². The highest BCUT2D eigenvalue weighted by Gasteiger charge is 2.18. The molecule has 0 aliphatic heterocycles. The Morgan fingerprint density at radius 2 is 0.717 bits per heavy atom. The van der Waals surface area contributed by atoms with E-state index >= 15 is 0 Å². The molecule has 222 valence electrons. The van der Waals surface area contributed by atoms with Crippen molar-refractivity contribution in [3.63, 3.8) is 0 Å². The molecule has 0 heterocycles. The molecule has 46 heavy (non-hydrogen) atoms. The second-order valence-corrected chi connectivity index (χ2v) is 11.4. The number of anilines is 7. The van der Waals surface area contributed by atoms with Crippen LogP contribution >= 0.6 is 0 Å². The minimum Gasteiger partial charge on any atom is -0.397 e. The highest BCUT2D eigenvalue weighted by Crippen LogP contribution is 2.42. The van der Waals surface area contributed by atoms with Crippen LogP contribution in [0, 0.1) is 6.92 Å². The van der Waals surface area contributed by atoms with Crippen molar-refractivity contribution in [1.29, 1.82) is 0 Å². The first-order chi connectivity index (χ1) is 22.7. The van der Waals surface area contributed by atoms with E-state index in [9.17, 15) is 0 Å². The Bertz CT molecular complexity index is 2000. The first-order valence-corrected chi connectivity index (χ1v) is 15.6. The van der Waals surface area contributed by atoms with Gasteiger partial charge in [-0.1, -0.05) is 109 Å². The predicted octanol–water partition coefficient (Wildman–Crippen LogP) is 11.9. The van der Waals surface area contributed by atoms with Crippen LogP contribution in [-0.2, 0) is 0 Å². The van der Waals surface area contributed by atoms with E-state index in [1.54, 1.807) is 0 Å². The Hall–Kier alpha value is -6.06. The van der Waals surface area contributed by atoms with Gasteiger partial charge in [-0.15, -0.1) is 0 Å². The molecule has 0 aromatic heterocycles. The minimum atomic E-state index is 0.713. The van der Waals surface area contributed by atoms with E-state index in [1.165, 1.54) is 16.7 Å². The number of nitrogens with zero attached hydrogens (tertiary/aromatic N) is 2. The maximum absolute atomic E-state index is 6.87. The Balaban J connectivity index is 1.23. The summed E-state index contributed by atoms with van der Waals surface area (Å²) in [4.78, 5) is 4.53. The number of hydrogen-bond donors (Lipinski definition) is 1. The monoisotopic (exact) mass is 593 g/mol. The lowest BCUT2D eigenvalue weighted by Crippen LogP contribution is -2.12. The SMILES string of the molecule is Cc1cc(-c2ccc(N(c3ccccc3)c3ccc(-c4ccccc4)cc3)c(N)c2)ccc1N(c1ccccc1)c1ccccc1. The molecule has 0 saturated carbocycles. The maximum atomic E-state index is 6.87. The standard InChI is InChI=1S/C43H35N3/c1-32-30-35(24-28-42(32)45(37-16-8-3-9-17-37)38-18-10-4-11-19-38)36-25-29-43(41(44)31-36)46(39-20-12-5-13-21-39)40-26-22-34(23-27-40)33-14-6-2-7-15-33/h2-31H,44H2,1H3. The normalized spacial score (nSPS) is 10.8. The molecule has 0 unspecified atom stereocenters.